The monoisotopic (exact) mass is 155 g/mol. The van der Waals surface area contributed by atoms with Crippen LogP contribution < -0.4 is 5.73 Å². The van der Waals surface area contributed by atoms with Gasteiger partial charge in [-0.3, -0.25) is 0 Å². The van der Waals surface area contributed by atoms with E-state index >= 15 is 0 Å². The van der Waals surface area contributed by atoms with Crippen LogP contribution in [0, 0.1) is 10.8 Å². The van der Waals surface area contributed by atoms with Crippen molar-refractivity contribution in [3.05, 3.63) is 0 Å². The Balaban J connectivity index is 2.76. The van der Waals surface area contributed by atoms with Gasteiger partial charge in [-0.15, -0.1) is 0 Å². The average Bonchev–Trinajstić information content (AvgIpc) is 1.82. The van der Waals surface area contributed by atoms with E-state index in [0.717, 1.165) is 0 Å². The summed E-state index contributed by atoms with van der Waals surface area (Å²) in [5.74, 6) is 0. The summed E-state index contributed by atoms with van der Waals surface area (Å²) in [4.78, 5) is 0. The second-order valence-electron chi connectivity index (χ2n) is 5.31. The van der Waals surface area contributed by atoms with E-state index in [-0.39, 0.29) is 0 Å². The maximum Gasteiger partial charge on any atom is 0.0142 e. The van der Waals surface area contributed by atoms with Crippen LogP contribution in [0.2, 0.25) is 0 Å². The number of hydrogen-bond donors (Lipinski definition) is 1. The maximum absolute atomic E-state index is 6.19. The van der Waals surface area contributed by atoms with Crippen LogP contribution in [0.15, 0.2) is 0 Å². The molecule has 0 aromatic carbocycles. The highest BCUT2D eigenvalue weighted by Crippen LogP contribution is 2.44. The zero-order valence-corrected chi connectivity index (χ0v) is 8.28. The highest BCUT2D eigenvalue weighted by atomic mass is 14.7. The van der Waals surface area contributed by atoms with Crippen molar-refractivity contribution < 1.29 is 0 Å². The number of nitrogens with two attached hydrogens (primary N) is 1. The predicted molar refractivity (Wildman–Crippen MR) is 49.4 cm³/mol. The molecule has 0 bridgehead atoms. The molecule has 2 N–H and O–H groups in total. The first-order valence-corrected chi connectivity index (χ1v) is 4.62. The fourth-order valence-electron chi connectivity index (χ4n) is 2.37. The van der Waals surface area contributed by atoms with Gasteiger partial charge in [0.15, 0.2) is 0 Å². The molecule has 0 heterocycles. The first kappa shape index (κ1) is 9.05. The van der Waals surface area contributed by atoms with E-state index in [9.17, 15) is 0 Å². The highest BCUT2D eigenvalue weighted by molar-refractivity contribution is 4.95. The Bertz CT molecular complexity index is 131. The van der Waals surface area contributed by atoms with Gasteiger partial charge in [-0.2, -0.15) is 0 Å². The van der Waals surface area contributed by atoms with Crippen molar-refractivity contribution in [1.82, 2.24) is 0 Å². The molecule has 0 unspecified atom stereocenters. The van der Waals surface area contributed by atoms with Gasteiger partial charge in [0.2, 0.25) is 0 Å². The molecule has 0 aromatic rings. The molecule has 0 spiro atoms. The van der Waals surface area contributed by atoms with Crippen molar-refractivity contribution in [2.45, 2.75) is 53.0 Å². The molecule has 66 valence electrons. The Hall–Kier alpha value is -0.0400. The molecular formula is C10H21N. The lowest BCUT2D eigenvalue weighted by Crippen LogP contribution is -2.51. The summed E-state index contributed by atoms with van der Waals surface area (Å²) in [5, 5.41) is 0. The second kappa shape index (κ2) is 2.48. The van der Waals surface area contributed by atoms with Crippen molar-refractivity contribution in [3.8, 4) is 0 Å². The molecule has 0 saturated heterocycles. The Kier molecular flexibility index (Phi) is 2.04. The normalized spacial score (nSPS) is 30.3. The molecular weight excluding hydrogens is 134 g/mol. The molecule has 1 nitrogen and oxygen atoms in total. The van der Waals surface area contributed by atoms with E-state index in [2.05, 4.69) is 27.7 Å². The predicted octanol–water partition coefficient (Wildman–Crippen LogP) is 2.55. The molecule has 0 atom stereocenters. The summed E-state index contributed by atoms with van der Waals surface area (Å²) in [6, 6.07) is 0.365. The Morgan fingerprint density at radius 1 is 1.00 bits per heavy atom. The fraction of sp³-hybridized carbons (Fsp3) is 1.00. The lowest BCUT2D eigenvalue weighted by molar-refractivity contribution is 0.0772. The molecule has 1 aliphatic carbocycles. The molecule has 0 aromatic heterocycles. The minimum Gasteiger partial charge on any atom is -0.327 e. The quantitative estimate of drug-likeness (QED) is 0.571. The lowest BCUT2D eigenvalue weighted by Gasteiger charge is -2.47. The summed E-state index contributed by atoms with van der Waals surface area (Å²) >= 11 is 0. The molecule has 0 radical (unpaired) electrons. The Morgan fingerprint density at radius 2 is 1.36 bits per heavy atom. The van der Waals surface area contributed by atoms with Crippen LogP contribution in [0.25, 0.3) is 0 Å². The van der Waals surface area contributed by atoms with Crippen LogP contribution in [-0.4, -0.2) is 6.04 Å². The molecule has 1 fully saturated rings. The van der Waals surface area contributed by atoms with Gasteiger partial charge >= 0.3 is 0 Å². The topological polar surface area (TPSA) is 26.0 Å². The van der Waals surface area contributed by atoms with Gasteiger partial charge in [0.1, 0.15) is 0 Å². The number of rotatable bonds is 0. The van der Waals surface area contributed by atoms with Crippen molar-refractivity contribution in [2.75, 3.05) is 0 Å². The van der Waals surface area contributed by atoms with Gasteiger partial charge in [-0.05, 0) is 23.7 Å². The Morgan fingerprint density at radius 3 is 1.64 bits per heavy atom. The molecule has 0 aliphatic heterocycles. The largest absolute Gasteiger partial charge is 0.327 e. The number of hydrogen-bond acceptors (Lipinski definition) is 1. The smallest absolute Gasteiger partial charge is 0.0142 e. The van der Waals surface area contributed by atoms with Gasteiger partial charge in [0.05, 0.1) is 0 Å². The third-order valence-corrected chi connectivity index (χ3v) is 3.33. The van der Waals surface area contributed by atoms with E-state index in [1.54, 1.807) is 0 Å². The van der Waals surface area contributed by atoms with Gasteiger partial charge < -0.3 is 5.73 Å². The highest BCUT2D eigenvalue weighted by Gasteiger charge is 2.40. The van der Waals surface area contributed by atoms with Crippen LogP contribution in [0.4, 0.5) is 0 Å². The van der Waals surface area contributed by atoms with E-state index in [1.165, 1.54) is 19.3 Å². The standard InChI is InChI=1S/C10H21N/c1-9(2)6-5-7-10(3,4)8(9)11/h8H,5-7,11H2,1-4H3. The van der Waals surface area contributed by atoms with E-state index in [4.69, 9.17) is 5.73 Å². The van der Waals surface area contributed by atoms with E-state index in [0.29, 0.717) is 16.9 Å². The van der Waals surface area contributed by atoms with Crippen molar-refractivity contribution >= 4 is 0 Å². The third kappa shape index (κ3) is 1.58. The van der Waals surface area contributed by atoms with Crippen LogP contribution in [0.5, 0.6) is 0 Å². The van der Waals surface area contributed by atoms with Crippen LogP contribution >= 0.6 is 0 Å². The molecule has 1 rings (SSSR count). The zero-order valence-electron chi connectivity index (χ0n) is 8.28. The first-order chi connectivity index (χ1) is 4.86. The fourth-order valence-corrected chi connectivity index (χ4v) is 2.37. The molecule has 1 heteroatoms. The Labute approximate surface area is 70.4 Å². The SMILES string of the molecule is CC1(C)CCCC(C)(C)C1N. The van der Waals surface area contributed by atoms with Gasteiger partial charge in [-0.25, -0.2) is 0 Å². The minimum absolute atomic E-state index is 0.349. The summed E-state index contributed by atoms with van der Waals surface area (Å²) in [6.45, 7) is 9.16. The zero-order chi connectivity index (χ0) is 8.70. The van der Waals surface area contributed by atoms with Crippen molar-refractivity contribution in [2.24, 2.45) is 16.6 Å². The van der Waals surface area contributed by atoms with Crippen LogP contribution in [0.3, 0.4) is 0 Å². The van der Waals surface area contributed by atoms with Crippen molar-refractivity contribution in [3.63, 3.8) is 0 Å². The molecule has 0 amide bonds. The molecule has 1 saturated carbocycles. The van der Waals surface area contributed by atoms with Gasteiger partial charge in [0.25, 0.3) is 0 Å². The first-order valence-electron chi connectivity index (χ1n) is 4.62. The van der Waals surface area contributed by atoms with Crippen LogP contribution in [0.1, 0.15) is 47.0 Å². The minimum atomic E-state index is 0.349. The maximum atomic E-state index is 6.19. The second-order valence-corrected chi connectivity index (χ2v) is 5.31. The van der Waals surface area contributed by atoms with Gasteiger partial charge in [-0.1, -0.05) is 34.1 Å². The van der Waals surface area contributed by atoms with Gasteiger partial charge in [0, 0.05) is 6.04 Å². The van der Waals surface area contributed by atoms with E-state index < -0.39 is 0 Å². The van der Waals surface area contributed by atoms with Crippen LogP contribution in [-0.2, 0) is 0 Å². The third-order valence-electron chi connectivity index (χ3n) is 3.33. The summed E-state index contributed by atoms with van der Waals surface area (Å²) in [5.41, 5.74) is 6.89. The summed E-state index contributed by atoms with van der Waals surface area (Å²) in [7, 11) is 0. The average molecular weight is 155 g/mol. The molecule has 1 aliphatic rings. The summed E-state index contributed by atoms with van der Waals surface area (Å²) in [6.07, 6.45) is 3.92. The van der Waals surface area contributed by atoms with E-state index in [1.807, 2.05) is 0 Å². The van der Waals surface area contributed by atoms with Crippen molar-refractivity contribution in [1.29, 1.82) is 0 Å². The molecule has 11 heavy (non-hydrogen) atoms. The summed E-state index contributed by atoms with van der Waals surface area (Å²) < 4.78 is 0. The lowest BCUT2D eigenvalue weighted by atomic mass is 9.62.